The van der Waals surface area contributed by atoms with E-state index in [0.29, 0.717) is 0 Å². The summed E-state index contributed by atoms with van der Waals surface area (Å²) in [5.74, 6) is 0. The molecule has 2 rings (SSSR count). The molecule has 0 bridgehead atoms. The summed E-state index contributed by atoms with van der Waals surface area (Å²) in [5.41, 5.74) is 2.22. The maximum absolute atomic E-state index is 9.38. The normalized spacial score (nSPS) is 17.1. The van der Waals surface area contributed by atoms with E-state index in [4.69, 9.17) is 0 Å². The lowest BCUT2D eigenvalue weighted by atomic mass is 10.0. The van der Waals surface area contributed by atoms with Crippen LogP contribution in [0.15, 0.2) is 24.3 Å². The smallest absolute Gasteiger partial charge is 0.121 e. The molecule has 0 fully saturated rings. The molecule has 3 nitrogen and oxygen atoms in total. The van der Waals surface area contributed by atoms with Gasteiger partial charge >= 0.3 is 0 Å². The van der Waals surface area contributed by atoms with Gasteiger partial charge in [0.1, 0.15) is 5.54 Å². The van der Waals surface area contributed by atoms with Gasteiger partial charge in [0.15, 0.2) is 0 Å². The van der Waals surface area contributed by atoms with Gasteiger partial charge in [0.25, 0.3) is 0 Å². The molecule has 0 aliphatic carbocycles. The van der Waals surface area contributed by atoms with Gasteiger partial charge in [-0.15, -0.1) is 0 Å². The van der Waals surface area contributed by atoms with Gasteiger partial charge in [-0.1, -0.05) is 25.1 Å². The summed E-state index contributed by atoms with van der Waals surface area (Å²) in [6, 6.07) is 10.9. The predicted octanol–water partition coefficient (Wildman–Crippen LogP) is 2.33. The van der Waals surface area contributed by atoms with Crippen LogP contribution < -0.4 is 10.2 Å². The van der Waals surface area contributed by atoms with Crippen LogP contribution >= 0.6 is 0 Å². The number of anilines is 1. The Morgan fingerprint density at radius 3 is 2.94 bits per heavy atom. The molecule has 0 aromatic heterocycles. The largest absolute Gasteiger partial charge is 0.368 e. The predicted molar refractivity (Wildman–Crippen MR) is 74.7 cm³/mol. The van der Waals surface area contributed by atoms with E-state index in [1.165, 1.54) is 11.3 Å². The first-order valence-electron chi connectivity index (χ1n) is 6.67. The van der Waals surface area contributed by atoms with E-state index in [2.05, 4.69) is 47.5 Å². The summed E-state index contributed by atoms with van der Waals surface area (Å²) < 4.78 is 0. The maximum atomic E-state index is 9.38. The van der Waals surface area contributed by atoms with Gasteiger partial charge in [-0.05, 0) is 37.9 Å². The standard InChI is InChI=1S/C15H21N3/c1-3-9-17-15(2,11-16)12-18-10-8-13-6-4-5-7-14(13)18/h4-7,17H,3,8-10,12H2,1-2H3. The Balaban J connectivity index is 2.08. The second-order valence-electron chi connectivity index (χ2n) is 5.17. The van der Waals surface area contributed by atoms with Crippen LogP contribution in [-0.2, 0) is 6.42 Å². The number of rotatable bonds is 5. The van der Waals surface area contributed by atoms with Gasteiger partial charge < -0.3 is 4.90 Å². The minimum Gasteiger partial charge on any atom is -0.368 e. The van der Waals surface area contributed by atoms with Crippen molar-refractivity contribution in [2.45, 2.75) is 32.2 Å². The highest BCUT2D eigenvalue weighted by molar-refractivity contribution is 5.58. The minimum absolute atomic E-state index is 0.465. The summed E-state index contributed by atoms with van der Waals surface area (Å²) in [6.45, 7) is 6.77. The SMILES string of the molecule is CCCNC(C)(C#N)CN1CCc2ccccc21. The first-order valence-corrected chi connectivity index (χ1v) is 6.67. The van der Waals surface area contributed by atoms with Gasteiger partial charge in [0.05, 0.1) is 6.07 Å². The highest BCUT2D eigenvalue weighted by Gasteiger charge is 2.29. The molecule has 0 saturated carbocycles. The first-order chi connectivity index (χ1) is 8.68. The van der Waals surface area contributed by atoms with Crippen LogP contribution in [0.5, 0.6) is 0 Å². The molecule has 1 heterocycles. The van der Waals surface area contributed by atoms with E-state index in [9.17, 15) is 5.26 Å². The minimum atomic E-state index is -0.465. The Morgan fingerprint density at radius 1 is 1.44 bits per heavy atom. The molecule has 1 atom stereocenters. The maximum Gasteiger partial charge on any atom is 0.121 e. The van der Waals surface area contributed by atoms with Crippen LogP contribution in [0.3, 0.4) is 0 Å². The van der Waals surface area contributed by atoms with Crippen molar-refractivity contribution in [3.05, 3.63) is 29.8 Å². The van der Waals surface area contributed by atoms with Gasteiger partial charge in [-0.2, -0.15) is 5.26 Å². The lowest BCUT2D eigenvalue weighted by Gasteiger charge is -2.30. The quantitative estimate of drug-likeness (QED) is 0.862. The number of hydrogen-bond donors (Lipinski definition) is 1. The molecular formula is C15H21N3. The molecule has 18 heavy (non-hydrogen) atoms. The molecule has 0 saturated heterocycles. The average molecular weight is 243 g/mol. The molecule has 0 spiro atoms. The first kappa shape index (κ1) is 12.9. The average Bonchev–Trinajstić information content (AvgIpc) is 2.80. The highest BCUT2D eigenvalue weighted by Crippen LogP contribution is 2.28. The zero-order valence-electron chi connectivity index (χ0n) is 11.2. The summed E-state index contributed by atoms with van der Waals surface area (Å²) in [5, 5.41) is 12.7. The van der Waals surface area contributed by atoms with E-state index in [1.807, 2.05) is 6.92 Å². The van der Waals surface area contributed by atoms with Crippen molar-refractivity contribution in [3.8, 4) is 6.07 Å². The van der Waals surface area contributed by atoms with Crippen LogP contribution in [0.2, 0.25) is 0 Å². The van der Waals surface area contributed by atoms with E-state index < -0.39 is 5.54 Å². The lowest BCUT2D eigenvalue weighted by Crippen LogP contribution is -2.50. The highest BCUT2D eigenvalue weighted by atomic mass is 15.2. The van der Waals surface area contributed by atoms with Crippen LogP contribution in [0.1, 0.15) is 25.8 Å². The van der Waals surface area contributed by atoms with Gasteiger partial charge in [-0.25, -0.2) is 0 Å². The molecule has 1 N–H and O–H groups in total. The molecular weight excluding hydrogens is 222 g/mol. The third-order valence-corrected chi connectivity index (χ3v) is 3.50. The van der Waals surface area contributed by atoms with Crippen molar-refractivity contribution in [2.75, 3.05) is 24.5 Å². The summed E-state index contributed by atoms with van der Waals surface area (Å²) >= 11 is 0. The molecule has 1 aliphatic heterocycles. The van der Waals surface area contributed by atoms with Crippen molar-refractivity contribution in [1.29, 1.82) is 5.26 Å². The number of nitriles is 1. The molecule has 1 aromatic carbocycles. The fourth-order valence-corrected chi connectivity index (χ4v) is 2.48. The van der Waals surface area contributed by atoms with Crippen molar-refractivity contribution < 1.29 is 0 Å². The molecule has 1 aromatic rings. The topological polar surface area (TPSA) is 39.1 Å². The van der Waals surface area contributed by atoms with Crippen molar-refractivity contribution >= 4 is 5.69 Å². The number of nitrogens with zero attached hydrogens (tertiary/aromatic N) is 2. The van der Waals surface area contributed by atoms with Gasteiger partial charge in [0, 0.05) is 18.8 Å². The summed E-state index contributed by atoms with van der Waals surface area (Å²) in [6.07, 6.45) is 2.14. The van der Waals surface area contributed by atoms with Gasteiger partial charge in [0.2, 0.25) is 0 Å². The van der Waals surface area contributed by atoms with Crippen LogP contribution in [0.4, 0.5) is 5.69 Å². The van der Waals surface area contributed by atoms with Crippen molar-refractivity contribution in [2.24, 2.45) is 0 Å². The second-order valence-corrected chi connectivity index (χ2v) is 5.17. The number of para-hydroxylation sites is 1. The zero-order chi connectivity index (χ0) is 13.0. The van der Waals surface area contributed by atoms with Crippen LogP contribution in [-0.4, -0.2) is 25.2 Å². The third kappa shape index (κ3) is 2.65. The molecule has 0 radical (unpaired) electrons. The molecule has 1 unspecified atom stereocenters. The van der Waals surface area contributed by atoms with E-state index in [0.717, 1.165) is 32.5 Å². The van der Waals surface area contributed by atoms with Crippen molar-refractivity contribution in [1.82, 2.24) is 5.32 Å². The fraction of sp³-hybridized carbons (Fsp3) is 0.533. The molecule has 96 valence electrons. The third-order valence-electron chi connectivity index (χ3n) is 3.50. The summed E-state index contributed by atoms with van der Waals surface area (Å²) in [4.78, 5) is 2.32. The number of fused-ring (bicyclic) bond motifs is 1. The van der Waals surface area contributed by atoms with Crippen LogP contribution in [0.25, 0.3) is 0 Å². The Hall–Kier alpha value is -1.53. The van der Waals surface area contributed by atoms with E-state index in [-0.39, 0.29) is 0 Å². The van der Waals surface area contributed by atoms with Gasteiger partial charge in [-0.3, -0.25) is 5.32 Å². The second kappa shape index (κ2) is 5.41. The Bertz CT molecular complexity index is 449. The molecule has 1 aliphatic rings. The van der Waals surface area contributed by atoms with E-state index in [1.54, 1.807) is 0 Å². The zero-order valence-corrected chi connectivity index (χ0v) is 11.2. The monoisotopic (exact) mass is 243 g/mol. The molecule has 3 heteroatoms. The van der Waals surface area contributed by atoms with Crippen molar-refractivity contribution in [3.63, 3.8) is 0 Å². The Morgan fingerprint density at radius 2 is 2.22 bits per heavy atom. The Kier molecular flexibility index (Phi) is 3.88. The number of hydrogen-bond acceptors (Lipinski definition) is 3. The van der Waals surface area contributed by atoms with E-state index >= 15 is 0 Å². The summed E-state index contributed by atoms with van der Waals surface area (Å²) in [7, 11) is 0. The molecule has 0 amide bonds. The fourth-order valence-electron chi connectivity index (χ4n) is 2.48. The number of nitrogens with one attached hydrogen (secondary N) is 1. The lowest BCUT2D eigenvalue weighted by molar-refractivity contribution is 0.445. The van der Waals surface area contributed by atoms with Crippen LogP contribution in [0, 0.1) is 11.3 Å². The Labute approximate surface area is 109 Å². The number of benzene rings is 1.